The van der Waals surface area contributed by atoms with Crippen molar-refractivity contribution in [2.24, 2.45) is 0 Å². The first kappa shape index (κ1) is 7.24. The largest absolute Gasteiger partial charge is 0.368 e. The first-order valence-electron chi connectivity index (χ1n) is 1.72. The Morgan fingerprint density at radius 2 is 1.43 bits per heavy atom. The quantitative estimate of drug-likeness (QED) is 0.701. The van der Waals surface area contributed by atoms with E-state index >= 15 is 0 Å². The minimum absolute atomic E-state index is 1.88. The number of aromatic nitrogens is 1. The van der Waals surface area contributed by atoms with E-state index in [4.69, 9.17) is 0 Å². The second kappa shape index (κ2) is 6.24. The summed E-state index contributed by atoms with van der Waals surface area (Å²) >= 11 is 5.50. The lowest BCUT2D eigenvalue weighted by atomic mass is 10.7. The van der Waals surface area contributed by atoms with Crippen molar-refractivity contribution in [3.05, 3.63) is 24.5 Å². The van der Waals surface area contributed by atoms with E-state index in [-0.39, 0.29) is 0 Å². The monoisotopic (exact) mass is 225 g/mol. The van der Waals surface area contributed by atoms with E-state index < -0.39 is 0 Å². The van der Waals surface area contributed by atoms with Crippen molar-refractivity contribution in [3.63, 3.8) is 0 Å². The predicted molar refractivity (Wildman–Crippen MR) is 38.6 cm³/mol. The van der Waals surface area contributed by atoms with Gasteiger partial charge in [-0.05, 0) is 12.1 Å². The molecule has 0 amide bonds. The molecule has 0 spiro atoms. The zero-order valence-electron chi connectivity index (χ0n) is 3.57. The molecule has 0 aliphatic heterocycles. The smallest absolute Gasteiger partial charge is 0.000496 e. The Hall–Kier alpha value is 0.240. The Balaban J connectivity index is 0.000000162. The molecule has 1 rings (SSSR count). The van der Waals surface area contributed by atoms with Gasteiger partial charge in [0.15, 0.2) is 0 Å². The number of halogens is 2. The van der Waals surface area contributed by atoms with Gasteiger partial charge in [0.2, 0.25) is 0 Å². The van der Waals surface area contributed by atoms with E-state index in [1.807, 2.05) is 24.5 Å². The van der Waals surface area contributed by atoms with Gasteiger partial charge >= 0.3 is 0 Å². The lowest BCUT2D eigenvalue weighted by Gasteiger charge is -1.49. The number of aromatic amines is 1. The minimum Gasteiger partial charge on any atom is -0.368 e. The molecular formula is C4H5Br2N. The van der Waals surface area contributed by atoms with E-state index in [1.165, 1.54) is 0 Å². The average Bonchev–Trinajstić information content (AvgIpc) is 2.23. The van der Waals surface area contributed by atoms with Gasteiger partial charge in [-0.25, -0.2) is 0 Å². The van der Waals surface area contributed by atoms with Crippen LogP contribution < -0.4 is 0 Å². The molecule has 1 heterocycles. The fraction of sp³-hybridized carbons (Fsp3) is 0. The highest BCUT2D eigenvalue weighted by atomic mass is 80.9. The number of hydrogen-bond donors (Lipinski definition) is 1. The molecule has 0 atom stereocenters. The normalized spacial score (nSPS) is 6.57. The fourth-order valence-electron chi connectivity index (χ4n) is 0.278. The number of nitrogens with one attached hydrogen (secondary N) is 1. The van der Waals surface area contributed by atoms with Gasteiger partial charge in [-0.15, -0.1) is 0 Å². The molecule has 0 radical (unpaired) electrons. The highest BCUT2D eigenvalue weighted by Crippen LogP contribution is 1.85. The van der Waals surface area contributed by atoms with Crippen LogP contribution in [-0.2, 0) is 0 Å². The number of hydrogen-bond acceptors (Lipinski definition) is 0. The molecule has 0 saturated heterocycles. The average molecular weight is 227 g/mol. The van der Waals surface area contributed by atoms with Gasteiger partial charge in [-0.3, -0.25) is 0 Å². The van der Waals surface area contributed by atoms with Crippen LogP contribution in [0.5, 0.6) is 0 Å². The molecule has 7 heavy (non-hydrogen) atoms. The van der Waals surface area contributed by atoms with Crippen LogP contribution in [0.4, 0.5) is 0 Å². The Morgan fingerprint density at radius 3 is 1.57 bits per heavy atom. The molecule has 0 saturated carbocycles. The van der Waals surface area contributed by atoms with Gasteiger partial charge in [0.05, 0.1) is 0 Å². The number of rotatable bonds is 0. The summed E-state index contributed by atoms with van der Waals surface area (Å²) in [6.07, 6.45) is 3.75. The maximum Gasteiger partial charge on any atom is 0.000496 e. The molecule has 0 fully saturated rings. The van der Waals surface area contributed by atoms with Crippen LogP contribution in [-0.4, -0.2) is 4.98 Å². The van der Waals surface area contributed by atoms with E-state index in [2.05, 4.69) is 33.2 Å². The Labute approximate surface area is 58.0 Å². The van der Waals surface area contributed by atoms with E-state index in [1.54, 1.807) is 0 Å². The van der Waals surface area contributed by atoms with E-state index in [0.717, 1.165) is 0 Å². The maximum absolute atomic E-state index is 2.86. The summed E-state index contributed by atoms with van der Waals surface area (Å²) in [6.45, 7) is 0. The zero-order valence-corrected chi connectivity index (χ0v) is 6.74. The van der Waals surface area contributed by atoms with E-state index in [0.29, 0.717) is 0 Å². The van der Waals surface area contributed by atoms with Crippen molar-refractivity contribution in [1.29, 1.82) is 0 Å². The Bertz CT molecular complexity index is 66.2. The maximum atomic E-state index is 2.86. The topological polar surface area (TPSA) is 15.8 Å². The zero-order chi connectivity index (χ0) is 5.54. The molecule has 3 heteroatoms. The summed E-state index contributed by atoms with van der Waals surface area (Å²) in [6, 6.07) is 3.89. The van der Waals surface area contributed by atoms with Crippen molar-refractivity contribution in [1.82, 2.24) is 4.98 Å². The summed E-state index contributed by atoms with van der Waals surface area (Å²) in [7, 11) is 0. The molecule has 1 aromatic heterocycles. The van der Waals surface area contributed by atoms with Gasteiger partial charge < -0.3 is 4.98 Å². The summed E-state index contributed by atoms with van der Waals surface area (Å²) in [5, 5.41) is 0. The second-order valence-electron chi connectivity index (χ2n) is 0.885. The molecule has 1 nitrogen and oxygen atoms in total. The van der Waals surface area contributed by atoms with Crippen molar-refractivity contribution in [2.75, 3.05) is 0 Å². The van der Waals surface area contributed by atoms with Crippen molar-refractivity contribution in [2.45, 2.75) is 0 Å². The minimum atomic E-state index is 1.88. The fourth-order valence-corrected chi connectivity index (χ4v) is 0.278. The molecule has 0 aromatic carbocycles. The van der Waals surface area contributed by atoms with Crippen molar-refractivity contribution >= 4 is 28.3 Å². The van der Waals surface area contributed by atoms with Crippen LogP contribution in [0.25, 0.3) is 0 Å². The second-order valence-corrected chi connectivity index (χ2v) is 0.885. The van der Waals surface area contributed by atoms with Crippen LogP contribution >= 0.6 is 28.3 Å². The SMILES string of the molecule is BrBr.c1cc[nH]c1. The van der Waals surface area contributed by atoms with Crippen LogP contribution in [0.15, 0.2) is 24.5 Å². The lowest BCUT2D eigenvalue weighted by molar-refractivity contribution is 1.42. The third-order valence-corrected chi connectivity index (χ3v) is 0.496. The van der Waals surface area contributed by atoms with E-state index in [9.17, 15) is 0 Å². The highest BCUT2D eigenvalue weighted by Gasteiger charge is 1.55. The summed E-state index contributed by atoms with van der Waals surface area (Å²) < 4.78 is 0. The van der Waals surface area contributed by atoms with Crippen LogP contribution in [0.1, 0.15) is 0 Å². The van der Waals surface area contributed by atoms with Gasteiger partial charge in [-0.2, -0.15) is 0 Å². The molecule has 0 aliphatic carbocycles. The first-order chi connectivity index (χ1) is 3.50. The first-order valence-corrected chi connectivity index (χ1v) is 5.43. The lowest BCUT2D eigenvalue weighted by Crippen LogP contribution is -1.38. The van der Waals surface area contributed by atoms with Crippen LogP contribution in [0.3, 0.4) is 0 Å². The Morgan fingerprint density at radius 1 is 1.00 bits per heavy atom. The van der Waals surface area contributed by atoms with Gasteiger partial charge in [0, 0.05) is 40.6 Å². The molecule has 40 valence electrons. The molecule has 0 aliphatic rings. The summed E-state index contributed by atoms with van der Waals surface area (Å²) in [5.74, 6) is 0. The summed E-state index contributed by atoms with van der Waals surface area (Å²) in [4.78, 5) is 2.86. The van der Waals surface area contributed by atoms with Gasteiger partial charge in [0.25, 0.3) is 0 Å². The van der Waals surface area contributed by atoms with Gasteiger partial charge in [0.1, 0.15) is 0 Å². The third-order valence-electron chi connectivity index (χ3n) is 0.496. The third kappa shape index (κ3) is 4.09. The molecule has 0 bridgehead atoms. The standard InChI is InChI=1S/C4H5N.Br2/c1-2-4-5-3-1;1-2/h1-5H;. The molecule has 1 N–H and O–H groups in total. The predicted octanol–water partition coefficient (Wildman–Crippen LogP) is 2.71. The van der Waals surface area contributed by atoms with Crippen molar-refractivity contribution in [3.8, 4) is 0 Å². The molecule has 0 unspecified atom stereocenters. The number of H-pyrrole nitrogens is 1. The summed E-state index contributed by atoms with van der Waals surface area (Å²) in [5.41, 5.74) is 0. The Kier molecular flexibility index (Phi) is 6.45. The van der Waals surface area contributed by atoms with Crippen LogP contribution in [0.2, 0.25) is 0 Å². The molecular weight excluding hydrogens is 222 g/mol. The highest BCUT2D eigenvalue weighted by molar-refractivity contribution is 9.93. The van der Waals surface area contributed by atoms with Crippen molar-refractivity contribution < 1.29 is 0 Å². The van der Waals surface area contributed by atoms with Gasteiger partial charge in [-0.1, -0.05) is 0 Å². The van der Waals surface area contributed by atoms with Crippen LogP contribution in [0, 0.1) is 0 Å². The molecule has 1 aromatic rings.